The highest BCUT2D eigenvalue weighted by Gasteiger charge is 2.36. The minimum atomic E-state index is -0.213. The lowest BCUT2D eigenvalue weighted by atomic mass is 9.86. The highest BCUT2D eigenvalue weighted by atomic mass is 16.2. The Hall–Kier alpha value is -2.70. The molecular weight excluding hydrogens is 314 g/mol. The molecule has 1 fully saturated rings. The Balaban J connectivity index is 2.02. The van der Waals surface area contributed by atoms with Crippen LogP contribution in [0.25, 0.3) is 0 Å². The summed E-state index contributed by atoms with van der Waals surface area (Å²) in [6, 6.07) is 20.3. The van der Waals surface area contributed by atoms with Gasteiger partial charge < -0.3 is 5.84 Å². The molecule has 1 heterocycles. The van der Waals surface area contributed by atoms with Crippen molar-refractivity contribution in [1.82, 2.24) is 10.3 Å². The number of carbonyl (C=O) groups excluding carboxylic acids is 1. The summed E-state index contributed by atoms with van der Waals surface area (Å²) in [5, 5.41) is 4.00. The topological polar surface area (TPSA) is 96.7 Å². The summed E-state index contributed by atoms with van der Waals surface area (Å²) in [5.74, 6) is 10.8. The summed E-state index contributed by atoms with van der Waals surface area (Å²) in [5.41, 5.74) is 5.46. The van der Waals surface area contributed by atoms with Gasteiger partial charge in [0, 0.05) is 30.6 Å². The van der Waals surface area contributed by atoms with Crippen molar-refractivity contribution in [3.63, 3.8) is 0 Å². The fraction of sp³-hybridized carbons (Fsp3) is 0.263. The van der Waals surface area contributed by atoms with Crippen LogP contribution in [0.4, 0.5) is 0 Å². The number of amides is 1. The van der Waals surface area contributed by atoms with E-state index in [4.69, 9.17) is 11.7 Å². The second-order valence-corrected chi connectivity index (χ2v) is 6.20. The molecule has 0 spiro atoms. The van der Waals surface area contributed by atoms with E-state index in [1.165, 1.54) is 0 Å². The van der Waals surface area contributed by atoms with E-state index in [1.807, 2.05) is 36.4 Å². The molecule has 0 radical (unpaired) electrons. The van der Waals surface area contributed by atoms with Crippen LogP contribution in [0.2, 0.25) is 0 Å². The molecule has 5 N–H and O–H groups in total. The Morgan fingerprint density at radius 2 is 1.48 bits per heavy atom. The number of hydrogen-bond acceptors (Lipinski definition) is 5. The fourth-order valence-electron chi connectivity index (χ4n) is 3.49. The average molecular weight is 337 g/mol. The number of hydrazone groups is 1. The van der Waals surface area contributed by atoms with Gasteiger partial charge in [0.05, 0.1) is 6.54 Å². The Morgan fingerprint density at radius 1 is 1.00 bits per heavy atom. The summed E-state index contributed by atoms with van der Waals surface area (Å²) in [4.78, 5) is 14.2. The molecule has 1 aliphatic rings. The van der Waals surface area contributed by atoms with Crippen LogP contribution in [0.15, 0.2) is 65.8 Å². The van der Waals surface area contributed by atoms with Crippen molar-refractivity contribution in [3.8, 4) is 0 Å². The van der Waals surface area contributed by atoms with E-state index in [0.717, 1.165) is 16.8 Å². The molecule has 0 aliphatic carbocycles. The molecule has 130 valence electrons. The molecule has 3 rings (SSSR count). The number of nitrogens with two attached hydrogens (primary N) is 2. The Labute approximate surface area is 147 Å². The zero-order chi connectivity index (χ0) is 17.6. The van der Waals surface area contributed by atoms with Gasteiger partial charge in [-0.25, -0.2) is 5.84 Å². The third-order valence-corrected chi connectivity index (χ3v) is 4.70. The van der Waals surface area contributed by atoms with Crippen LogP contribution in [-0.2, 0) is 4.79 Å². The van der Waals surface area contributed by atoms with Gasteiger partial charge in [-0.3, -0.25) is 15.1 Å². The molecule has 1 amide bonds. The second kappa shape index (κ2) is 7.92. The Bertz CT molecular complexity index is 680. The van der Waals surface area contributed by atoms with E-state index in [-0.39, 0.29) is 24.5 Å². The van der Waals surface area contributed by atoms with Crippen molar-refractivity contribution >= 4 is 11.6 Å². The van der Waals surface area contributed by atoms with Gasteiger partial charge >= 0.3 is 0 Å². The normalized spacial score (nSPS) is 20.9. The van der Waals surface area contributed by atoms with Gasteiger partial charge in [0.15, 0.2) is 0 Å². The van der Waals surface area contributed by atoms with Gasteiger partial charge in [-0.05, 0) is 11.1 Å². The first-order valence-electron chi connectivity index (χ1n) is 8.33. The molecule has 2 aromatic rings. The predicted octanol–water partition coefficient (Wildman–Crippen LogP) is 1.87. The van der Waals surface area contributed by atoms with Crippen molar-refractivity contribution in [1.29, 1.82) is 0 Å². The van der Waals surface area contributed by atoms with E-state index in [0.29, 0.717) is 12.8 Å². The van der Waals surface area contributed by atoms with Gasteiger partial charge in [0.1, 0.15) is 0 Å². The minimum absolute atomic E-state index is 0.0137. The molecule has 0 bridgehead atoms. The monoisotopic (exact) mass is 337 g/mol. The van der Waals surface area contributed by atoms with Crippen molar-refractivity contribution in [2.45, 2.75) is 24.9 Å². The molecular formula is C19H23N5O. The molecule has 6 nitrogen and oxygen atoms in total. The summed E-state index contributed by atoms with van der Waals surface area (Å²) >= 11 is 0. The lowest BCUT2D eigenvalue weighted by Crippen LogP contribution is -2.46. The van der Waals surface area contributed by atoms with E-state index in [2.05, 4.69) is 39.7 Å². The number of likely N-dealkylation sites (tertiary alicyclic amines) is 1. The molecule has 2 unspecified atom stereocenters. The first kappa shape index (κ1) is 17.1. The van der Waals surface area contributed by atoms with Gasteiger partial charge in [-0.15, -0.1) is 0 Å². The summed E-state index contributed by atoms with van der Waals surface area (Å²) in [7, 11) is 0. The number of hydrazine groups is 1. The number of nitrogens with one attached hydrogen (secondary N) is 1. The molecule has 6 heteroatoms. The Kier molecular flexibility index (Phi) is 5.42. The Morgan fingerprint density at radius 3 is 1.88 bits per heavy atom. The molecule has 1 aliphatic heterocycles. The number of benzene rings is 2. The van der Waals surface area contributed by atoms with Crippen molar-refractivity contribution < 1.29 is 4.79 Å². The number of nitrogens with zero attached hydrogens (tertiary/aromatic N) is 2. The second-order valence-electron chi connectivity index (χ2n) is 6.20. The van der Waals surface area contributed by atoms with Crippen LogP contribution in [-0.4, -0.2) is 23.1 Å². The van der Waals surface area contributed by atoms with Crippen molar-refractivity contribution in [2.24, 2.45) is 16.8 Å². The van der Waals surface area contributed by atoms with Gasteiger partial charge in [0.2, 0.25) is 5.91 Å². The van der Waals surface area contributed by atoms with Crippen LogP contribution >= 0.6 is 0 Å². The third-order valence-electron chi connectivity index (χ3n) is 4.70. The van der Waals surface area contributed by atoms with E-state index in [9.17, 15) is 4.79 Å². The van der Waals surface area contributed by atoms with Crippen LogP contribution in [0.1, 0.15) is 36.1 Å². The van der Waals surface area contributed by atoms with Gasteiger partial charge in [-0.1, -0.05) is 60.7 Å². The predicted molar refractivity (Wildman–Crippen MR) is 98.3 cm³/mol. The molecule has 1 saturated heterocycles. The summed E-state index contributed by atoms with van der Waals surface area (Å²) in [6.07, 6.45) is 1.39. The van der Waals surface area contributed by atoms with Crippen LogP contribution in [0, 0.1) is 0 Å². The molecule has 2 aromatic carbocycles. The van der Waals surface area contributed by atoms with Crippen LogP contribution in [0.3, 0.4) is 0 Å². The number of rotatable bonds is 4. The van der Waals surface area contributed by atoms with Crippen LogP contribution < -0.4 is 17.1 Å². The minimum Gasteiger partial charge on any atom is -0.323 e. The molecule has 0 aromatic heterocycles. The zero-order valence-electron chi connectivity index (χ0n) is 14.0. The molecule has 0 saturated carbocycles. The van der Waals surface area contributed by atoms with Gasteiger partial charge in [-0.2, -0.15) is 5.10 Å². The summed E-state index contributed by atoms with van der Waals surface area (Å²) < 4.78 is 0. The van der Waals surface area contributed by atoms with E-state index in [1.54, 1.807) is 0 Å². The lowest BCUT2D eigenvalue weighted by Gasteiger charge is -2.42. The maximum atomic E-state index is 12.1. The van der Waals surface area contributed by atoms with E-state index >= 15 is 0 Å². The maximum absolute atomic E-state index is 12.1. The standard InChI is InChI=1S/C19H23N5O/c20-22-16-11-17(14-7-3-1-4-8-14)24(13-19(25)23-21)18(12-16)15-9-5-2-6-10-15/h1-10,17-18H,11-13,20-21H2,(H,23,25). The quantitative estimate of drug-likeness (QED) is 0.451. The highest BCUT2D eigenvalue weighted by molar-refractivity contribution is 5.87. The van der Waals surface area contributed by atoms with E-state index < -0.39 is 0 Å². The number of hydrogen-bond donors (Lipinski definition) is 3. The molecule has 25 heavy (non-hydrogen) atoms. The first-order chi connectivity index (χ1) is 12.2. The number of piperidine rings is 1. The first-order valence-corrected chi connectivity index (χ1v) is 8.33. The SMILES string of the molecule is NN=C1CC(c2ccccc2)N(CC(=O)NN)C(c2ccccc2)C1. The third kappa shape index (κ3) is 3.87. The maximum Gasteiger partial charge on any atom is 0.248 e. The smallest absolute Gasteiger partial charge is 0.248 e. The lowest BCUT2D eigenvalue weighted by molar-refractivity contribution is -0.123. The number of carbonyl (C=O) groups is 1. The molecule has 2 atom stereocenters. The van der Waals surface area contributed by atoms with Gasteiger partial charge in [0.25, 0.3) is 0 Å². The summed E-state index contributed by atoms with van der Waals surface area (Å²) in [6.45, 7) is 0.216. The largest absolute Gasteiger partial charge is 0.323 e. The zero-order valence-corrected chi connectivity index (χ0v) is 14.0. The van der Waals surface area contributed by atoms with Crippen molar-refractivity contribution in [2.75, 3.05) is 6.54 Å². The average Bonchev–Trinajstić information content (AvgIpc) is 2.69. The van der Waals surface area contributed by atoms with Crippen molar-refractivity contribution in [3.05, 3.63) is 71.8 Å². The highest BCUT2D eigenvalue weighted by Crippen LogP contribution is 2.40. The van der Waals surface area contributed by atoms with Crippen LogP contribution in [0.5, 0.6) is 0 Å². The fourth-order valence-corrected chi connectivity index (χ4v) is 3.49.